The van der Waals surface area contributed by atoms with Crippen molar-refractivity contribution in [3.63, 3.8) is 0 Å². The van der Waals surface area contributed by atoms with Gasteiger partial charge in [0.15, 0.2) is 5.82 Å². The van der Waals surface area contributed by atoms with Crippen molar-refractivity contribution < 1.29 is 35.7 Å². The molecule has 8 rings (SSSR count). The third-order valence-corrected chi connectivity index (χ3v) is 11.8. The lowest BCUT2D eigenvalue weighted by Crippen LogP contribution is -2.57. The third-order valence-electron chi connectivity index (χ3n) is 10.6. The summed E-state index contributed by atoms with van der Waals surface area (Å²) < 4.78 is 70.9. The molecule has 294 valence electrons. The van der Waals surface area contributed by atoms with Crippen LogP contribution >= 0.6 is 11.6 Å². The fourth-order valence-corrected chi connectivity index (χ4v) is 8.79. The van der Waals surface area contributed by atoms with E-state index in [9.17, 15) is 17.1 Å². The molecule has 4 atom stereocenters. The Morgan fingerprint density at radius 3 is 2.36 bits per heavy atom. The number of halogens is 3. The Morgan fingerprint density at radius 2 is 1.68 bits per heavy atom. The number of fused-ring (bicyclic) bond motifs is 4. The van der Waals surface area contributed by atoms with E-state index in [0.29, 0.717) is 59.0 Å². The van der Waals surface area contributed by atoms with Crippen molar-refractivity contribution in [3.8, 4) is 23.0 Å². The van der Waals surface area contributed by atoms with Crippen LogP contribution in [0.15, 0.2) is 71.8 Å². The molecule has 0 saturated carbocycles. The van der Waals surface area contributed by atoms with E-state index < -0.39 is 26.5 Å². The number of likely N-dealkylation sites (N-methyl/N-ethyl adjacent to an activating group) is 1. The molecule has 0 aliphatic carbocycles. The van der Waals surface area contributed by atoms with Gasteiger partial charge in [0.25, 0.3) is 0 Å². The summed E-state index contributed by atoms with van der Waals surface area (Å²) in [7, 11) is -2.89. The summed E-state index contributed by atoms with van der Waals surface area (Å²) in [5.41, 5.74) is 0.0266. The molecule has 3 saturated heterocycles. The molecular weight excluding hydrogens is 766 g/mol. The highest BCUT2D eigenvalue weighted by molar-refractivity contribution is 7.86. The van der Waals surface area contributed by atoms with E-state index in [1.54, 1.807) is 18.3 Å². The Hall–Kier alpha value is -4.86. The molecule has 1 amide bonds. The Kier molecular flexibility index (Phi) is 9.90. The maximum atomic E-state index is 17.0. The minimum absolute atomic E-state index is 0.0118. The first-order valence-corrected chi connectivity index (χ1v) is 20.2. The van der Waals surface area contributed by atoms with Crippen LogP contribution in [0.4, 0.5) is 18.9 Å². The van der Waals surface area contributed by atoms with Crippen molar-refractivity contribution in [3.05, 3.63) is 77.7 Å². The molecule has 3 fully saturated rings. The van der Waals surface area contributed by atoms with Gasteiger partial charge in [0.05, 0.1) is 22.4 Å². The lowest BCUT2D eigenvalue weighted by atomic mass is 10.0. The second-order valence-electron chi connectivity index (χ2n) is 15.6. The molecule has 16 heteroatoms. The highest BCUT2D eigenvalue weighted by Gasteiger charge is 2.45. The number of hydrogen-bond acceptors (Lipinski definition) is 11. The monoisotopic (exact) mass is 806 g/mol. The number of nitrogens with zero attached hydrogens (tertiary/aromatic N) is 6. The molecule has 0 spiro atoms. The summed E-state index contributed by atoms with van der Waals surface area (Å²) in [6, 6.07) is 15.8. The summed E-state index contributed by atoms with van der Waals surface area (Å²) in [6.07, 6.45) is 3.13. The molecule has 0 radical (unpaired) electrons. The Bertz CT molecular complexity index is 2420. The van der Waals surface area contributed by atoms with Crippen LogP contribution in [0.3, 0.4) is 0 Å². The zero-order chi connectivity index (χ0) is 39.5. The van der Waals surface area contributed by atoms with Crippen LogP contribution in [0.5, 0.6) is 11.8 Å². The van der Waals surface area contributed by atoms with Crippen molar-refractivity contribution in [2.45, 2.75) is 74.8 Å². The lowest BCUT2D eigenvalue weighted by Gasteiger charge is -2.42. The van der Waals surface area contributed by atoms with Crippen LogP contribution < -0.4 is 14.4 Å². The number of aromatic nitrogens is 3. The number of carbonyl (C=O) groups is 1. The smallest absolute Gasteiger partial charge is 0.410 e. The fourth-order valence-electron chi connectivity index (χ4n) is 8.05. The number of carbonyl (C=O) groups excluding carboxylic acids is 1. The van der Waals surface area contributed by atoms with Crippen LogP contribution in [0.2, 0.25) is 5.02 Å². The van der Waals surface area contributed by atoms with Gasteiger partial charge in [-0.3, -0.25) is 14.8 Å². The second-order valence-corrected chi connectivity index (χ2v) is 17.4. The summed E-state index contributed by atoms with van der Waals surface area (Å²) in [5, 5.41) is 2.40. The second kappa shape index (κ2) is 14.6. The zero-order valence-electron chi connectivity index (χ0n) is 31.3. The van der Waals surface area contributed by atoms with Gasteiger partial charge >= 0.3 is 22.3 Å². The van der Waals surface area contributed by atoms with Gasteiger partial charge in [-0.25, -0.2) is 9.18 Å². The van der Waals surface area contributed by atoms with E-state index in [2.05, 4.69) is 19.8 Å². The Labute approximate surface area is 328 Å². The minimum atomic E-state index is -4.82. The van der Waals surface area contributed by atoms with Crippen LogP contribution in [-0.2, 0) is 15.0 Å². The first-order valence-electron chi connectivity index (χ1n) is 18.5. The number of piperazine rings is 1. The number of likely N-dealkylation sites (tertiary alicyclic amines) is 1. The number of hydrogen-bond donors (Lipinski definition) is 0. The predicted octanol–water partition coefficient (Wildman–Crippen LogP) is 7.41. The van der Waals surface area contributed by atoms with Gasteiger partial charge in [-0.2, -0.15) is 18.4 Å². The predicted molar refractivity (Wildman–Crippen MR) is 208 cm³/mol. The van der Waals surface area contributed by atoms with Gasteiger partial charge in [0.2, 0.25) is 0 Å². The van der Waals surface area contributed by atoms with Crippen molar-refractivity contribution >= 4 is 55.4 Å². The van der Waals surface area contributed by atoms with Crippen molar-refractivity contribution in [1.29, 1.82) is 0 Å². The Morgan fingerprint density at radius 1 is 0.982 bits per heavy atom. The molecule has 3 aromatic carbocycles. The third kappa shape index (κ3) is 7.51. The number of benzene rings is 3. The standard InChI is InChI=1S/C40H41ClF2N6O6S/c1-40(2,3)55-39(50)49-24-11-12-25(49)20-48(19-24)37-31-18-44-35(30-9-5-7-23-8-6-10-32(41)33(23)30)34(42)36(31)45-38(46-37)53-22-26-17-28(21-47(26)4)54-27-13-15-29(16-14-27)56(43,51)52/h5-10,13-16,18,24-26,28H,11-12,17,19-22H2,1-4H3/t24-,25+,26-,28+/m0/s1. The van der Waals surface area contributed by atoms with Gasteiger partial charge < -0.3 is 19.1 Å². The quantitative estimate of drug-likeness (QED) is 0.146. The lowest BCUT2D eigenvalue weighted by molar-refractivity contribution is 0.0122. The summed E-state index contributed by atoms with van der Waals surface area (Å²) in [4.78, 5) is 32.9. The first kappa shape index (κ1) is 38.0. The van der Waals surface area contributed by atoms with E-state index in [0.717, 1.165) is 30.4 Å². The summed E-state index contributed by atoms with van der Waals surface area (Å²) in [6.45, 7) is 7.15. The number of ether oxygens (including phenoxy) is 3. The Balaban J connectivity index is 1.10. The van der Waals surface area contributed by atoms with Crippen LogP contribution in [-0.4, -0.2) is 102 Å². The SMILES string of the molecule is CN1C[C@H](Oc2ccc(S(=O)(=O)F)cc2)C[C@H]1COc1nc(N2C[C@H]3CC[C@@H](C2)N3C(=O)OC(C)(C)C)c2cnc(-c3cccc4cccc(Cl)c34)c(F)c2n1. The van der Waals surface area contributed by atoms with E-state index in [-0.39, 0.29) is 54.2 Å². The highest BCUT2D eigenvalue weighted by atomic mass is 35.5. The number of anilines is 1. The van der Waals surface area contributed by atoms with E-state index in [1.165, 1.54) is 12.1 Å². The van der Waals surface area contributed by atoms with Crippen LogP contribution in [0, 0.1) is 5.82 Å². The largest absolute Gasteiger partial charge is 0.489 e. The maximum absolute atomic E-state index is 17.0. The van der Waals surface area contributed by atoms with Gasteiger partial charge in [0.1, 0.15) is 41.1 Å². The minimum Gasteiger partial charge on any atom is -0.489 e. The van der Waals surface area contributed by atoms with Crippen LogP contribution in [0.25, 0.3) is 32.9 Å². The molecule has 2 aromatic heterocycles. The van der Waals surface area contributed by atoms with E-state index in [1.807, 2.05) is 57.0 Å². The van der Waals surface area contributed by atoms with Crippen molar-refractivity contribution in [2.75, 3.05) is 38.2 Å². The molecule has 56 heavy (non-hydrogen) atoms. The summed E-state index contributed by atoms with van der Waals surface area (Å²) in [5.74, 6) is 0.226. The average molecular weight is 807 g/mol. The molecule has 2 bridgehead atoms. The average Bonchev–Trinajstić information content (AvgIpc) is 3.63. The molecule has 5 aromatic rings. The van der Waals surface area contributed by atoms with E-state index in [4.69, 9.17) is 30.8 Å². The maximum Gasteiger partial charge on any atom is 0.410 e. The normalized spacial score (nSPS) is 21.6. The zero-order valence-corrected chi connectivity index (χ0v) is 32.9. The molecule has 3 aliphatic heterocycles. The van der Waals surface area contributed by atoms with Gasteiger partial charge in [0, 0.05) is 54.3 Å². The molecular formula is C40H41ClF2N6O6S. The van der Waals surface area contributed by atoms with Crippen molar-refractivity contribution in [1.82, 2.24) is 24.8 Å². The van der Waals surface area contributed by atoms with Crippen molar-refractivity contribution in [2.24, 2.45) is 0 Å². The molecule has 5 heterocycles. The molecule has 0 N–H and O–H groups in total. The fraction of sp³-hybridized carbons (Fsp3) is 0.400. The van der Waals surface area contributed by atoms with Gasteiger partial charge in [-0.1, -0.05) is 41.9 Å². The highest BCUT2D eigenvalue weighted by Crippen LogP contribution is 2.40. The summed E-state index contributed by atoms with van der Waals surface area (Å²) >= 11 is 6.64. The molecule has 3 aliphatic rings. The number of pyridine rings is 1. The number of rotatable bonds is 8. The molecule has 0 unspecified atom stereocenters. The van der Waals surface area contributed by atoms with E-state index >= 15 is 4.39 Å². The number of amides is 1. The first-order chi connectivity index (χ1) is 26.6. The van der Waals surface area contributed by atoms with Gasteiger partial charge in [-0.15, -0.1) is 3.89 Å². The van der Waals surface area contributed by atoms with Gasteiger partial charge in [-0.05, 0) is 76.4 Å². The van der Waals surface area contributed by atoms with Crippen LogP contribution in [0.1, 0.15) is 40.0 Å². The topological polar surface area (TPSA) is 127 Å². The molecule has 12 nitrogen and oxygen atoms in total.